The molecule has 1 heteroatoms. The van der Waals surface area contributed by atoms with Gasteiger partial charge < -0.3 is 4.90 Å². The van der Waals surface area contributed by atoms with Crippen molar-refractivity contribution >= 4 is 11.4 Å². The fourth-order valence-electron chi connectivity index (χ4n) is 6.16. The molecule has 1 nitrogen and oxygen atoms in total. The molecule has 0 saturated carbocycles. The minimum atomic E-state index is -0.261. The lowest BCUT2D eigenvalue weighted by atomic mass is 9.62. The summed E-state index contributed by atoms with van der Waals surface area (Å²) in [5, 5.41) is 0. The SMILES string of the molecule is CC=C(C)N(c1ccc(-c2ccccc2)cc1)c1ccc(C(c2ccccc2)(c2ccccc2C)C(C)C)cc1. The number of nitrogens with zero attached hydrogens (tertiary/aromatic N) is 1. The van der Waals surface area contributed by atoms with Crippen LogP contribution < -0.4 is 4.90 Å². The first-order valence-electron chi connectivity index (χ1n) is 14.3. The van der Waals surface area contributed by atoms with E-state index in [-0.39, 0.29) is 5.41 Å². The smallest absolute Gasteiger partial charge is 0.0476 e. The van der Waals surface area contributed by atoms with E-state index in [4.69, 9.17) is 0 Å². The first-order valence-corrected chi connectivity index (χ1v) is 14.3. The molecule has 5 rings (SSSR count). The Morgan fingerprint density at radius 2 is 1.07 bits per heavy atom. The van der Waals surface area contributed by atoms with Gasteiger partial charge >= 0.3 is 0 Å². The Balaban J connectivity index is 1.60. The van der Waals surface area contributed by atoms with Crippen molar-refractivity contribution in [1.29, 1.82) is 0 Å². The first kappa shape index (κ1) is 27.2. The predicted molar refractivity (Wildman–Crippen MR) is 172 cm³/mol. The second-order valence-electron chi connectivity index (χ2n) is 10.9. The second kappa shape index (κ2) is 11.8. The predicted octanol–water partition coefficient (Wildman–Crippen LogP) is 10.7. The molecule has 1 atom stereocenters. The van der Waals surface area contributed by atoms with E-state index in [9.17, 15) is 0 Å². The fourth-order valence-corrected chi connectivity index (χ4v) is 6.16. The second-order valence-corrected chi connectivity index (χ2v) is 10.9. The van der Waals surface area contributed by atoms with E-state index in [0.29, 0.717) is 5.92 Å². The maximum atomic E-state index is 2.35. The molecule has 0 saturated heterocycles. The molecular formula is C39H39N. The maximum Gasteiger partial charge on any atom is 0.0476 e. The highest BCUT2D eigenvalue weighted by molar-refractivity contribution is 5.73. The molecule has 1 unspecified atom stereocenters. The van der Waals surface area contributed by atoms with Gasteiger partial charge in [-0.05, 0) is 84.3 Å². The molecule has 200 valence electrons. The monoisotopic (exact) mass is 521 g/mol. The van der Waals surface area contributed by atoms with Crippen LogP contribution >= 0.6 is 0 Å². The molecule has 0 heterocycles. The quantitative estimate of drug-likeness (QED) is 0.184. The van der Waals surface area contributed by atoms with Crippen molar-refractivity contribution in [3.63, 3.8) is 0 Å². The zero-order chi connectivity index (χ0) is 28.1. The van der Waals surface area contributed by atoms with E-state index in [1.54, 1.807) is 0 Å². The molecule has 0 spiro atoms. The average molecular weight is 522 g/mol. The zero-order valence-corrected chi connectivity index (χ0v) is 24.3. The number of anilines is 2. The van der Waals surface area contributed by atoms with Crippen LogP contribution in [0.2, 0.25) is 0 Å². The maximum absolute atomic E-state index is 2.35. The van der Waals surface area contributed by atoms with Crippen LogP contribution in [0.5, 0.6) is 0 Å². The minimum absolute atomic E-state index is 0.261. The van der Waals surface area contributed by atoms with Crippen molar-refractivity contribution < 1.29 is 0 Å². The highest BCUT2D eigenvalue weighted by atomic mass is 15.1. The van der Waals surface area contributed by atoms with Crippen LogP contribution in [0, 0.1) is 12.8 Å². The summed E-state index contributed by atoms with van der Waals surface area (Å²) >= 11 is 0. The summed E-state index contributed by atoms with van der Waals surface area (Å²) in [6, 6.07) is 48.5. The number of hydrogen-bond acceptors (Lipinski definition) is 1. The summed E-state index contributed by atoms with van der Waals surface area (Å²) in [5.74, 6) is 0.348. The van der Waals surface area contributed by atoms with Gasteiger partial charge in [-0.25, -0.2) is 0 Å². The molecule has 0 bridgehead atoms. The van der Waals surface area contributed by atoms with Gasteiger partial charge in [0.15, 0.2) is 0 Å². The van der Waals surface area contributed by atoms with Crippen LogP contribution in [-0.4, -0.2) is 0 Å². The van der Waals surface area contributed by atoms with Gasteiger partial charge in [-0.1, -0.05) is 129 Å². The van der Waals surface area contributed by atoms with Crippen LogP contribution in [0.15, 0.2) is 145 Å². The molecule has 5 aromatic rings. The van der Waals surface area contributed by atoms with Gasteiger partial charge in [-0.3, -0.25) is 0 Å². The minimum Gasteiger partial charge on any atom is -0.315 e. The Morgan fingerprint density at radius 3 is 1.62 bits per heavy atom. The topological polar surface area (TPSA) is 3.24 Å². The number of allylic oxidation sites excluding steroid dienone is 2. The molecule has 5 aromatic carbocycles. The van der Waals surface area contributed by atoms with Crippen LogP contribution in [0.3, 0.4) is 0 Å². The van der Waals surface area contributed by atoms with Gasteiger partial charge in [0.05, 0.1) is 0 Å². The summed E-state index contributed by atoms with van der Waals surface area (Å²) in [5.41, 5.74) is 11.0. The van der Waals surface area contributed by atoms with Gasteiger partial charge in [0.2, 0.25) is 0 Å². The molecule has 0 aliphatic heterocycles. The standard InChI is InChI=1S/C39H39N/c1-6-31(5)40(36-25-21-33(22-26-36)32-16-9-7-10-17-32)37-27-23-35(24-28-37)39(29(2)3,34-18-11-8-12-19-34)38-20-14-13-15-30(38)4/h6-29H,1-5H3. The van der Waals surface area contributed by atoms with Crippen molar-refractivity contribution in [2.45, 2.75) is 40.0 Å². The third-order valence-electron chi connectivity index (χ3n) is 8.25. The van der Waals surface area contributed by atoms with E-state index >= 15 is 0 Å². The molecule has 0 aliphatic carbocycles. The summed E-state index contributed by atoms with van der Waals surface area (Å²) in [7, 11) is 0. The highest BCUT2D eigenvalue weighted by Gasteiger charge is 2.40. The van der Waals surface area contributed by atoms with Crippen LogP contribution in [0.1, 0.15) is 49.9 Å². The largest absolute Gasteiger partial charge is 0.315 e. The van der Waals surface area contributed by atoms with Crippen molar-refractivity contribution in [1.82, 2.24) is 0 Å². The Bertz CT molecular complexity index is 1560. The van der Waals surface area contributed by atoms with Crippen LogP contribution in [0.25, 0.3) is 11.1 Å². The summed E-state index contributed by atoms with van der Waals surface area (Å²) in [4.78, 5) is 2.34. The molecule has 0 amide bonds. The van der Waals surface area contributed by atoms with Crippen molar-refractivity contribution in [2.75, 3.05) is 4.90 Å². The number of hydrogen-bond donors (Lipinski definition) is 0. The third kappa shape index (κ3) is 5.00. The molecule has 0 aromatic heterocycles. The number of aryl methyl sites for hydroxylation is 1. The normalized spacial score (nSPS) is 13.2. The van der Waals surface area contributed by atoms with Crippen LogP contribution in [0.4, 0.5) is 11.4 Å². The first-order chi connectivity index (χ1) is 19.5. The Kier molecular flexibility index (Phi) is 8.03. The summed E-state index contributed by atoms with van der Waals surface area (Å²) in [6.07, 6.45) is 2.18. The third-order valence-corrected chi connectivity index (χ3v) is 8.25. The van der Waals surface area contributed by atoms with Gasteiger partial charge in [-0.2, -0.15) is 0 Å². The summed E-state index contributed by atoms with van der Waals surface area (Å²) < 4.78 is 0. The van der Waals surface area contributed by atoms with Gasteiger partial charge in [0.1, 0.15) is 0 Å². The number of benzene rings is 5. The van der Waals surface area contributed by atoms with Crippen molar-refractivity contribution in [2.24, 2.45) is 5.92 Å². The van der Waals surface area contributed by atoms with E-state index in [2.05, 4.69) is 179 Å². The Hall–Kier alpha value is -4.36. The van der Waals surface area contributed by atoms with E-state index in [1.165, 1.54) is 39.1 Å². The van der Waals surface area contributed by atoms with E-state index < -0.39 is 0 Å². The van der Waals surface area contributed by atoms with Crippen molar-refractivity contribution in [3.05, 3.63) is 167 Å². The molecular weight excluding hydrogens is 482 g/mol. The molecule has 0 radical (unpaired) electrons. The molecule has 40 heavy (non-hydrogen) atoms. The van der Waals surface area contributed by atoms with Crippen LogP contribution in [-0.2, 0) is 5.41 Å². The van der Waals surface area contributed by atoms with Crippen molar-refractivity contribution in [3.8, 4) is 11.1 Å². The molecule has 0 aliphatic rings. The highest BCUT2D eigenvalue weighted by Crippen LogP contribution is 2.47. The molecule has 0 fully saturated rings. The van der Waals surface area contributed by atoms with Gasteiger partial charge in [0.25, 0.3) is 0 Å². The van der Waals surface area contributed by atoms with E-state index in [0.717, 1.165) is 11.4 Å². The van der Waals surface area contributed by atoms with Gasteiger partial charge in [-0.15, -0.1) is 0 Å². The van der Waals surface area contributed by atoms with E-state index in [1.807, 2.05) is 0 Å². The zero-order valence-electron chi connectivity index (χ0n) is 24.3. The molecule has 0 N–H and O–H groups in total. The lowest BCUT2D eigenvalue weighted by molar-refractivity contribution is 0.436. The average Bonchev–Trinajstić information content (AvgIpc) is 3.00. The summed E-state index contributed by atoms with van der Waals surface area (Å²) in [6.45, 7) is 11.2. The lowest BCUT2D eigenvalue weighted by Gasteiger charge is -2.41. The fraction of sp³-hybridized carbons (Fsp3) is 0.179. The lowest BCUT2D eigenvalue weighted by Crippen LogP contribution is -2.36. The Labute approximate surface area is 240 Å². The Morgan fingerprint density at radius 1 is 0.600 bits per heavy atom. The number of rotatable bonds is 8. The van der Waals surface area contributed by atoms with Gasteiger partial charge in [0, 0.05) is 22.5 Å².